The number of rotatable bonds is 2. The van der Waals surface area contributed by atoms with E-state index in [-0.39, 0.29) is 11.8 Å². The van der Waals surface area contributed by atoms with Crippen molar-refractivity contribution >= 4 is 5.91 Å². The van der Waals surface area contributed by atoms with Crippen molar-refractivity contribution in [2.24, 2.45) is 7.05 Å². The predicted octanol–water partition coefficient (Wildman–Crippen LogP) is 1.44. The van der Waals surface area contributed by atoms with Crippen LogP contribution in [0.5, 0.6) is 0 Å². The Balaban J connectivity index is 1.77. The fraction of sp³-hybridized carbons (Fsp3) is 0.571. The molecule has 1 aliphatic rings. The molecule has 21 heavy (non-hydrogen) atoms. The second kappa shape index (κ2) is 5.31. The van der Waals surface area contributed by atoms with Crippen LogP contribution in [0.2, 0.25) is 0 Å². The number of carbonyl (C=O) groups is 1. The summed E-state index contributed by atoms with van der Waals surface area (Å²) in [5, 5.41) is 7.98. The summed E-state index contributed by atoms with van der Waals surface area (Å²) in [5.74, 6) is 1.42. The van der Waals surface area contributed by atoms with Crippen molar-refractivity contribution in [2.45, 2.75) is 32.6 Å². The highest BCUT2D eigenvalue weighted by molar-refractivity contribution is 5.95. The van der Waals surface area contributed by atoms with Crippen LogP contribution in [0.4, 0.5) is 0 Å². The Morgan fingerprint density at radius 3 is 2.86 bits per heavy atom. The van der Waals surface area contributed by atoms with E-state index >= 15 is 0 Å². The van der Waals surface area contributed by atoms with E-state index in [0.717, 1.165) is 25.1 Å². The molecule has 112 valence electrons. The van der Waals surface area contributed by atoms with Gasteiger partial charge in [-0.05, 0) is 26.7 Å². The summed E-state index contributed by atoms with van der Waals surface area (Å²) < 4.78 is 6.97. The van der Waals surface area contributed by atoms with Crippen molar-refractivity contribution in [3.63, 3.8) is 0 Å². The minimum absolute atomic E-state index is 0.0292. The van der Waals surface area contributed by atoms with Crippen molar-refractivity contribution in [3.8, 4) is 0 Å². The average molecular weight is 289 g/mol. The van der Waals surface area contributed by atoms with Crippen LogP contribution in [0.25, 0.3) is 0 Å². The number of aryl methyl sites for hydroxylation is 2. The number of carbonyl (C=O) groups excluding carboxylic acids is 1. The molecule has 1 unspecified atom stereocenters. The van der Waals surface area contributed by atoms with Gasteiger partial charge in [-0.15, -0.1) is 0 Å². The second-order valence-electron chi connectivity index (χ2n) is 5.54. The molecular weight excluding hydrogens is 270 g/mol. The van der Waals surface area contributed by atoms with Crippen LogP contribution in [0, 0.1) is 13.8 Å². The average Bonchev–Trinajstić information content (AvgIpc) is 3.06. The maximum atomic E-state index is 12.6. The van der Waals surface area contributed by atoms with E-state index < -0.39 is 0 Å². The first-order chi connectivity index (χ1) is 10.1. The van der Waals surface area contributed by atoms with Crippen LogP contribution in [0.15, 0.2) is 10.7 Å². The van der Waals surface area contributed by atoms with Crippen molar-refractivity contribution < 1.29 is 9.32 Å². The van der Waals surface area contributed by atoms with Crippen LogP contribution in [-0.4, -0.2) is 43.8 Å². The van der Waals surface area contributed by atoms with Gasteiger partial charge in [0, 0.05) is 25.8 Å². The number of nitrogens with zero attached hydrogens (tertiary/aromatic N) is 5. The van der Waals surface area contributed by atoms with Gasteiger partial charge in [-0.2, -0.15) is 10.1 Å². The smallest absolute Gasteiger partial charge is 0.257 e. The summed E-state index contributed by atoms with van der Waals surface area (Å²) in [6, 6.07) is 0. The van der Waals surface area contributed by atoms with Gasteiger partial charge in [-0.25, -0.2) is 0 Å². The lowest BCUT2D eigenvalue weighted by Crippen LogP contribution is -2.39. The Hall–Kier alpha value is -2.18. The van der Waals surface area contributed by atoms with Crippen molar-refractivity contribution in [1.82, 2.24) is 24.8 Å². The number of hydrogen-bond acceptors (Lipinski definition) is 5. The highest BCUT2D eigenvalue weighted by atomic mass is 16.5. The fourth-order valence-corrected chi connectivity index (χ4v) is 2.72. The largest absolute Gasteiger partial charge is 0.339 e. The number of piperidine rings is 1. The highest BCUT2D eigenvalue weighted by Gasteiger charge is 2.29. The predicted molar refractivity (Wildman–Crippen MR) is 74.9 cm³/mol. The van der Waals surface area contributed by atoms with Crippen LogP contribution >= 0.6 is 0 Å². The third-order valence-electron chi connectivity index (χ3n) is 4.07. The number of amides is 1. The minimum atomic E-state index is 0.0292. The molecule has 0 aliphatic carbocycles. The van der Waals surface area contributed by atoms with Crippen LogP contribution in [0.1, 0.15) is 46.5 Å². The molecule has 7 nitrogen and oxygen atoms in total. The molecule has 0 spiro atoms. The van der Waals surface area contributed by atoms with Gasteiger partial charge >= 0.3 is 0 Å². The number of likely N-dealkylation sites (tertiary alicyclic amines) is 1. The van der Waals surface area contributed by atoms with E-state index in [1.54, 1.807) is 17.8 Å². The van der Waals surface area contributed by atoms with Crippen molar-refractivity contribution in [3.05, 3.63) is 29.2 Å². The van der Waals surface area contributed by atoms with Crippen molar-refractivity contribution in [2.75, 3.05) is 13.1 Å². The Morgan fingerprint density at radius 2 is 2.24 bits per heavy atom. The lowest BCUT2D eigenvalue weighted by atomic mass is 9.97. The summed E-state index contributed by atoms with van der Waals surface area (Å²) >= 11 is 0. The van der Waals surface area contributed by atoms with E-state index in [0.29, 0.717) is 23.8 Å². The van der Waals surface area contributed by atoms with Gasteiger partial charge in [0.2, 0.25) is 5.89 Å². The molecule has 0 aromatic carbocycles. The molecule has 0 bridgehead atoms. The van der Waals surface area contributed by atoms with Gasteiger partial charge in [0.15, 0.2) is 5.82 Å². The van der Waals surface area contributed by atoms with Gasteiger partial charge in [0.05, 0.1) is 17.7 Å². The molecule has 7 heteroatoms. The first-order valence-electron chi connectivity index (χ1n) is 7.14. The molecule has 1 aliphatic heterocycles. The lowest BCUT2D eigenvalue weighted by molar-refractivity contribution is 0.0695. The maximum absolute atomic E-state index is 12.6. The first kappa shape index (κ1) is 13.8. The summed E-state index contributed by atoms with van der Waals surface area (Å²) in [6.45, 7) is 5.09. The lowest BCUT2D eigenvalue weighted by Gasteiger charge is -2.30. The van der Waals surface area contributed by atoms with E-state index in [9.17, 15) is 4.79 Å². The molecule has 3 heterocycles. The van der Waals surface area contributed by atoms with Gasteiger partial charge in [0.1, 0.15) is 0 Å². The van der Waals surface area contributed by atoms with E-state index in [2.05, 4.69) is 15.2 Å². The monoisotopic (exact) mass is 289 g/mol. The van der Waals surface area contributed by atoms with Crippen molar-refractivity contribution in [1.29, 1.82) is 0 Å². The molecule has 1 amide bonds. The fourth-order valence-electron chi connectivity index (χ4n) is 2.72. The van der Waals surface area contributed by atoms with Gasteiger partial charge in [-0.3, -0.25) is 9.48 Å². The Bertz CT molecular complexity index is 660. The summed E-state index contributed by atoms with van der Waals surface area (Å²) in [5.41, 5.74) is 1.55. The van der Waals surface area contributed by atoms with E-state index in [1.807, 2.05) is 18.9 Å². The molecule has 3 rings (SSSR count). The zero-order valence-electron chi connectivity index (χ0n) is 12.5. The maximum Gasteiger partial charge on any atom is 0.257 e. The van der Waals surface area contributed by atoms with Crippen LogP contribution in [-0.2, 0) is 7.05 Å². The number of hydrogen-bond donors (Lipinski definition) is 0. The summed E-state index contributed by atoms with van der Waals surface area (Å²) in [7, 11) is 1.84. The minimum Gasteiger partial charge on any atom is -0.339 e. The molecule has 1 atom stereocenters. The SMILES string of the molecule is Cc1noc(C2CCCN(C(=O)c3cnn(C)c3C)C2)n1. The molecule has 0 radical (unpaired) electrons. The standard InChI is InChI=1S/C14H19N5O2/c1-9-12(7-15-18(9)3)14(20)19-6-4-5-11(8-19)13-16-10(2)17-21-13/h7,11H,4-6,8H2,1-3H3. The normalized spacial score (nSPS) is 19.0. The Kier molecular flexibility index (Phi) is 3.48. The van der Waals surface area contributed by atoms with Gasteiger partial charge < -0.3 is 9.42 Å². The highest BCUT2D eigenvalue weighted by Crippen LogP contribution is 2.26. The Morgan fingerprint density at radius 1 is 1.43 bits per heavy atom. The van der Waals surface area contributed by atoms with Crippen LogP contribution < -0.4 is 0 Å². The number of aromatic nitrogens is 4. The zero-order chi connectivity index (χ0) is 15.0. The Labute approximate surface area is 122 Å². The topological polar surface area (TPSA) is 77.0 Å². The third-order valence-corrected chi connectivity index (χ3v) is 4.07. The molecule has 1 saturated heterocycles. The van der Waals surface area contributed by atoms with Gasteiger partial charge in [-0.1, -0.05) is 5.16 Å². The second-order valence-corrected chi connectivity index (χ2v) is 5.54. The molecule has 2 aromatic rings. The van der Waals surface area contributed by atoms with Gasteiger partial charge in [0.25, 0.3) is 5.91 Å². The zero-order valence-corrected chi connectivity index (χ0v) is 12.5. The molecular formula is C14H19N5O2. The summed E-state index contributed by atoms with van der Waals surface area (Å²) in [4.78, 5) is 18.8. The molecule has 0 saturated carbocycles. The van der Waals surface area contributed by atoms with E-state index in [4.69, 9.17) is 4.52 Å². The quantitative estimate of drug-likeness (QED) is 0.836. The van der Waals surface area contributed by atoms with Crippen LogP contribution in [0.3, 0.4) is 0 Å². The third kappa shape index (κ3) is 2.55. The van der Waals surface area contributed by atoms with E-state index in [1.165, 1.54) is 0 Å². The first-order valence-corrected chi connectivity index (χ1v) is 7.14. The molecule has 0 N–H and O–H groups in total. The summed E-state index contributed by atoms with van der Waals surface area (Å²) in [6.07, 6.45) is 3.55. The molecule has 1 fully saturated rings. The molecule has 2 aromatic heterocycles.